The van der Waals surface area contributed by atoms with Crippen molar-refractivity contribution in [3.05, 3.63) is 48.2 Å². The smallest absolute Gasteiger partial charge is 0.119 e. The first kappa shape index (κ1) is 24.8. The molecule has 0 bridgehead atoms. The van der Waals surface area contributed by atoms with Gasteiger partial charge in [-0.3, -0.25) is 4.98 Å². The number of unbranched alkanes of at least 4 members (excludes halogenated alkanes) is 6. The van der Waals surface area contributed by atoms with Crippen molar-refractivity contribution in [2.24, 2.45) is 11.8 Å². The summed E-state index contributed by atoms with van der Waals surface area (Å²) in [5.74, 6) is 2.68. The first-order valence-electron chi connectivity index (χ1n) is 13.5. The molecule has 2 aromatic rings. The molecule has 176 valence electrons. The van der Waals surface area contributed by atoms with E-state index in [0.717, 1.165) is 36.3 Å². The fraction of sp³-hybridized carbons (Fsp3) is 0.633. The van der Waals surface area contributed by atoms with Crippen molar-refractivity contribution in [2.45, 2.75) is 104 Å². The third kappa shape index (κ3) is 8.60. The summed E-state index contributed by atoms with van der Waals surface area (Å²) in [7, 11) is 0. The zero-order valence-electron chi connectivity index (χ0n) is 20.7. The van der Waals surface area contributed by atoms with Gasteiger partial charge < -0.3 is 4.74 Å². The molecule has 3 rings (SSSR count). The number of pyridine rings is 1. The minimum Gasteiger partial charge on any atom is -0.493 e. The summed E-state index contributed by atoms with van der Waals surface area (Å²) in [6.07, 6.45) is 20.9. The maximum absolute atomic E-state index is 6.12. The van der Waals surface area contributed by atoms with Crippen molar-refractivity contribution in [2.75, 3.05) is 6.61 Å². The molecule has 0 amide bonds. The predicted molar refractivity (Wildman–Crippen MR) is 137 cm³/mol. The van der Waals surface area contributed by atoms with E-state index >= 15 is 0 Å². The normalized spacial score (nSPS) is 18.6. The van der Waals surface area contributed by atoms with Gasteiger partial charge in [-0.25, -0.2) is 0 Å². The number of aryl methyl sites for hydroxylation is 1. The molecule has 1 aliphatic rings. The summed E-state index contributed by atoms with van der Waals surface area (Å²) in [6, 6.07) is 12.9. The lowest BCUT2D eigenvalue weighted by molar-refractivity contribution is 0.178. The van der Waals surface area contributed by atoms with Gasteiger partial charge in [-0.1, -0.05) is 84.1 Å². The van der Waals surface area contributed by atoms with E-state index < -0.39 is 0 Å². The van der Waals surface area contributed by atoms with E-state index in [-0.39, 0.29) is 0 Å². The number of hydrogen-bond acceptors (Lipinski definition) is 2. The highest BCUT2D eigenvalue weighted by Gasteiger charge is 2.21. The minimum absolute atomic E-state index is 0.730. The van der Waals surface area contributed by atoms with Crippen LogP contribution < -0.4 is 4.74 Å². The molecule has 1 saturated carbocycles. The van der Waals surface area contributed by atoms with Crippen LogP contribution in [0, 0.1) is 11.8 Å². The molecule has 1 aromatic carbocycles. The Balaban J connectivity index is 1.37. The molecule has 0 aliphatic heterocycles. The lowest BCUT2D eigenvalue weighted by Gasteiger charge is -2.28. The van der Waals surface area contributed by atoms with Gasteiger partial charge in [0.2, 0.25) is 0 Å². The highest BCUT2D eigenvalue weighted by atomic mass is 16.5. The van der Waals surface area contributed by atoms with Crippen molar-refractivity contribution in [3.8, 4) is 17.0 Å². The third-order valence-electron chi connectivity index (χ3n) is 7.19. The summed E-state index contributed by atoms with van der Waals surface area (Å²) in [5.41, 5.74) is 3.57. The van der Waals surface area contributed by atoms with E-state index in [9.17, 15) is 0 Å². The van der Waals surface area contributed by atoms with Crippen LogP contribution in [0.2, 0.25) is 0 Å². The fourth-order valence-corrected chi connectivity index (χ4v) is 5.06. The van der Waals surface area contributed by atoms with Crippen LogP contribution in [-0.4, -0.2) is 11.6 Å². The van der Waals surface area contributed by atoms with Crippen LogP contribution >= 0.6 is 0 Å². The Morgan fingerprint density at radius 3 is 2.09 bits per heavy atom. The average Bonchev–Trinajstić information content (AvgIpc) is 2.84. The lowest BCUT2D eigenvalue weighted by atomic mass is 9.80. The van der Waals surface area contributed by atoms with E-state index in [1.165, 1.54) is 94.6 Å². The van der Waals surface area contributed by atoms with Crippen LogP contribution in [0.4, 0.5) is 0 Å². The summed E-state index contributed by atoms with van der Waals surface area (Å²) >= 11 is 0. The standard InChI is InChI=1S/C30H45NO/c1-3-5-6-7-8-9-10-12-26-17-22-30(31-23-26)28-18-20-29(21-19-28)32-24-27-15-13-25(11-4-2)14-16-27/h17-23,25,27H,3-16,24H2,1-2H3/t25-,27-. The van der Waals surface area contributed by atoms with Gasteiger partial charge >= 0.3 is 0 Å². The number of aromatic nitrogens is 1. The molecule has 0 spiro atoms. The second kappa shape index (κ2) is 14.3. The Morgan fingerprint density at radius 1 is 0.750 bits per heavy atom. The Bertz CT molecular complexity index is 728. The molecule has 1 fully saturated rings. The van der Waals surface area contributed by atoms with E-state index in [2.05, 4.69) is 56.4 Å². The van der Waals surface area contributed by atoms with E-state index in [1.807, 2.05) is 0 Å². The molecule has 1 aromatic heterocycles. The third-order valence-corrected chi connectivity index (χ3v) is 7.19. The summed E-state index contributed by atoms with van der Waals surface area (Å²) in [6.45, 7) is 5.45. The molecule has 0 atom stereocenters. The van der Waals surface area contributed by atoms with Crippen LogP contribution in [0.1, 0.15) is 103 Å². The summed E-state index contributed by atoms with van der Waals surface area (Å²) in [4.78, 5) is 4.72. The molecule has 0 N–H and O–H groups in total. The van der Waals surface area contributed by atoms with Crippen LogP contribution in [0.5, 0.6) is 5.75 Å². The topological polar surface area (TPSA) is 22.1 Å². The molecule has 1 heterocycles. The Hall–Kier alpha value is -1.83. The molecule has 0 saturated heterocycles. The summed E-state index contributed by atoms with van der Waals surface area (Å²) < 4.78 is 6.12. The first-order chi connectivity index (χ1) is 15.8. The van der Waals surface area contributed by atoms with Crippen LogP contribution in [0.15, 0.2) is 42.6 Å². The molecule has 0 unspecified atom stereocenters. The number of hydrogen-bond donors (Lipinski definition) is 0. The lowest BCUT2D eigenvalue weighted by Crippen LogP contribution is -2.20. The minimum atomic E-state index is 0.730. The zero-order chi connectivity index (χ0) is 22.4. The molecule has 1 aliphatic carbocycles. The SMILES string of the molecule is CCCCCCCCCc1ccc(-c2ccc(OC[C@H]3CC[C@H](CCC)CC3)cc2)nc1. The van der Waals surface area contributed by atoms with Gasteiger partial charge in [-0.2, -0.15) is 0 Å². The van der Waals surface area contributed by atoms with E-state index in [0.29, 0.717) is 0 Å². The molecular weight excluding hydrogens is 390 g/mol. The predicted octanol–water partition coefficient (Wildman–Crippen LogP) is 9.03. The second-order valence-corrected chi connectivity index (χ2v) is 9.93. The molecule has 2 nitrogen and oxygen atoms in total. The van der Waals surface area contributed by atoms with Crippen molar-refractivity contribution < 1.29 is 4.74 Å². The van der Waals surface area contributed by atoms with Crippen molar-refractivity contribution in [3.63, 3.8) is 0 Å². The van der Waals surface area contributed by atoms with E-state index in [4.69, 9.17) is 9.72 Å². The quantitative estimate of drug-likeness (QED) is 0.276. The fourth-order valence-electron chi connectivity index (χ4n) is 5.06. The molecule has 32 heavy (non-hydrogen) atoms. The average molecular weight is 436 g/mol. The van der Waals surface area contributed by atoms with Crippen LogP contribution in [0.25, 0.3) is 11.3 Å². The number of nitrogens with zero attached hydrogens (tertiary/aromatic N) is 1. The number of rotatable bonds is 14. The van der Waals surface area contributed by atoms with Gasteiger partial charge in [0.1, 0.15) is 5.75 Å². The Labute approximate surface area is 197 Å². The molecular formula is C30H45NO. The maximum atomic E-state index is 6.12. The monoisotopic (exact) mass is 435 g/mol. The summed E-state index contributed by atoms with van der Waals surface area (Å²) in [5, 5.41) is 0. The second-order valence-electron chi connectivity index (χ2n) is 9.93. The van der Waals surface area contributed by atoms with Crippen molar-refractivity contribution in [1.29, 1.82) is 0 Å². The van der Waals surface area contributed by atoms with Crippen LogP contribution in [-0.2, 0) is 6.42 Å². The number of ether oxygens (including phenoxy) is 1. The van der Waals surface area contributed by atoms with Gasteiger partial charge in [0.05, 0.1) is 12.3 Å². The highest BCUT2D eigenvalue weighted by molar-refractivity contribution is 5.60. The van der Waals surface area contributed by atoms with Crippen LogP contribution in [0.3, 0.4) is 0 Å². The van der Waals surface area contributed by atoms with Crippen molar-refractivity contribution in [1.82, 2.24) is 4.98 Å². The first-order valence-corrected chi connectivity index (χ1v) is 13.5. The Morgan fingerprint density at radius 2 is 1.44 bits per heavy atom. The number of benzene rings is 1. The highest BCUT2D eigenvalue weighted by Crippen LogP contribution is 2.32. The van der Waals surface area contributed by atoms with Gasteiger partial charge in [-0.15, -0.1) is 0 Å². The largest absolute Gasteiger partial charge is 0.493 e. The van der Waals surface area contributed by atoms with E-state index in [1.54, 1.807) is 0 Å². The van der Waals surface area contributed by atoms with Gasteiger partial charge in [-0.05, 0) is 73.4 Å². The maximum Gasteiger partial charge on any atom is 0.119 e. The molecule has 0 radical (unpaired) electrons. The van der Waals surface area contributed by atoms with Crippen molar-refractivity contribution >= 4 is 0 Å². The molecule has 2 heteroatoms. The zero-order valence-corrected chi connectivity index (χ0v) is 20.7. The van der Waals surface area contributed by atoms with Gasteiger partial charge in [0, 0.05) is 11.8 Å². The van der Waals surface area contributed by atoms with Gasteiger partial charge in [0.15, 0.2) is 0 Å². The van der Waals surface area contributed by atoms with Gasteiger partial charge in [0.25, 0.3) is 0 Å². The Kier molecular flexibility index (Phi) is 11.1.